The van der Waals surface area contributed by atoms with Crippen LogP contribution in [0.5, 0.6) is 0 Å². The van der Waals surface area contributed by atoms with Crippen molar-refractivity contribution >= 4 is 6.03 Å². The fraction of sp³-hybridized carbons (Fsp3) is 0.562. The fourth-order valence-electron chi connectivity index (χ4n) is 2.67. The predicted octanol–water partition coefficient (Wildman–Crippen LogP) is 2.49. The first-order valence-corrected chi connectivity index (χ1v) is 7.72. The Morgan fingerprint density at radius 3 is 2.55 bits per heavy atom. The normalized spacial score (nSPS) is 20.3. The molecule has 3 rings (SSSR count). The van der Waals surface area contributed by atoms with E-state index in [0.29, 0.717) is 0 Å². The highest BCUT2D eigenvalue weighted by Crippen LogP contribution is 2.41. The van der Waals surface area contributed by atoms with Crippen molar-refractivity contribution in [2.45, 2.75) is 37.8 Å². The Morgan fingerprint density at radius 2 is 1.91 bits per heavy atom. The summed E-state index contributed by atoms with van der Waals surface area (Å²) in [5.74, 6) is -0.624. The third kappa shape index (κ3) is 3.74. The van der Waals surface area contributed by atoms with Crippen LogP contribution in [-0.2, 0) is 0 Å². The standard InChI is InChI=1S/C16H20F2N2O2/c17-11-5-6-13(18)12(7-11)15(10-3-4-10)20-16(22)19-8-14(21)9-1-2-9/h5-7,9-10,14-15,21H,1-4,8H2,(H2,19,20,22)/t14-,15-/m0/s1. The molecule has 2 fully saturated rings. The van der Waals surface area contributed by atoms with Crippen LogP contribution in [0.15, 0.2) is 18.2 Å². The van der Waals surface area contributed by atoms with Crippen molar-refractivity contribution in [1.29, 1.82) is 0 Å². The van der Waals surface area contributed by atoms with Gasteiger partial charge in [-0.2, -0.15) is 0 Å². The Bertz CT molecular complexity index is 559. The highest BCUT2D eigenvalue weighted by molar-refractivity contribution is 5.74. The molecule has 0 bridgehead atoms. The van der Waals surface area contributed by atoms with Crippen molar-refractivity contribution in [2.75, 3.05) is 6.54 Å². The van der Waals surface area contributed by atoms with Crippen molar-refractivity contribution in [3.8, 4) is 0 Å². The number of carbonyl (C=O) groups is 1. The third-order valence-electron chi connectivity index (χ3n) is 4.31. The molecular weight excluding hydrogens is 290 g/mol. The van der Waals surface area contributed by atoms with E-state index in [1.807, 2.05) is 0 Å². The molecule has 1 aromatic rings. The summed E-state index contributed by atoms with van der Waals surface area (Å²) in [5.41, 5.74) is 0.181. The van der Waals surface area contributed by atoms with Crippen LogP contribution in [-0.4, -0.2) is 23.8 Å². The largest absolute Gasteiger partial charge is 0.391 e. The maximum absolute atomic E-state index is 13.9. The van der Waals surface area contributed by atoms with Crippen LogP contribution < -0.4 is 10.6 Å². The third-order valence-corrected chi connectivity index (χ3v) is 4.31. The highest BCUT2D eigenvalue weighted by Gasteiger charge is 2.35. The smallest absolute Gasteiger partial charge is 0.315 e. The molecule has 0 heterocycles. The van der Waals surface area contributed by atoms with E-state index in [0.717, 1.165) is 43.9 Å². The lowest BCUT2D eigenvalue weighted by Gasteiger charge is -2.20. The van der Waals surface area contributed by atoms with Gasteiger partial charge in [0.2, 0.25) is 0 Å². The van der Waals surface area contributed by atoms with Crippen molar-refractivity contribution < 1.29 is 18.7 Å². The number of carbonyl (C=O) groups excluding carboxylic acids is 1. The van der Waals surface area contributed by atoms with Gasteiger partial charge in [0.25, 0.3) is 0 Å². The summed E-state index contributed by atoms with van der Waals surface area (Å²) in [6.45, 7) is 0.180. The molecule has 1 aromatic carbocycles. The molecule has 6 heteroatoms. The van der Waals surface area contributed by atoms with Gasteiger partial charge in [-0.05, 0) is 55.7 Å². The number of aliphatic hydroxyl groups excluding tert-OH is 1. The number of benzene rings is 1. The Morgan fingerprint density at radius 1 is 1.23 bits per heavy atom. The zero-order valence-electron chi connectivity index (χ0n) is 12.2. The number of nitrogens with one attached hydrogen (secondary N) is 2. The summed E-state index contributed by atoms with van der Waals surface area (Å²) in [6.07, 6.45) is 3.21. The lowest BCUT2D eigenvalue weighted by molar-refractivity contribution is 0.148. The molecule has 2 aliphatic rings. The molecule has 4 nitrogen and oxygen atoms in total. The number of amides is 2. The first-order chi connectivity index (χ1) is 10.5. The number of hydrogen-bond acceptors (Lipinski definition) is 2. The summed E-state index contributed by atoms with van der Waals surface area (Å²) < 4.78 is 27.3. The van der Waals surface area contributed by atoms with Gasteiger partial charge in [-0.25, -0.2) is 13.6 Å². The van der Waals surface area contributed by atoms with Crippen molar-refractivity contribution in [3.05, 3.63) is 35.4 Å². The monoisotopic (exact) mass is 310 g/mol. The molecule has 0 spiro atoms. The second-order valence-corrected chi connectivity index (χ2v) is 6.24. The minimum absolute atomic E-state index is 0.135. The number of halogens is 2. The van der Waals surface area contributed by atoms with Crippen LogP contribution in [0.4, 0.5) is 13.6 Å². The lowest BCUT2D eigenvalue weighted by atomic mass is 10.0. The minimum atomic E-state index is -0.534. The second kappa shape index (κ2) is 6.20. The first-order valence-electron chi connectivity index (χ1n) is 7.72. The molecule has 2 aliphatic carbocycles. The molecule has 2 amide bonds. The molecule has 22 heavy (non-hydrogen) atoms. The summed E-state index contributed by atoms with van der Waals surface area (Å²) in [4.78, 5) is 12.0. The van der Waals surface area contributed by atoms with Crippen molar-refractivity contribution in [1.82, 2.24) is 10.6 Å². The van der Waals surface area contributed by atoms with Crippen LogP contribution in [0.2, 0.25) is 0 Å². The number of aliphatic hydroxyl groups is 1. The van der Waals surface area contributed by atoms with Gasteiger partial charge in [0.1, 0.15) is 11.6 Å². The van der Waals surface area contributed by atoms with E-state index in [1.54, 1.807) is 0 Å². The lowest BCUT2D eigenvalue weighted by Crippen LogP contribution is -2.42. The zero-order valence-corrected chi connectivity index (χ0v) is 12.2. The number of rotatable bonds is 6. The van der Waals surface area contributed by atoms with E-state index in [-0.39, 0.29) is 23.9 Å². The molecule has 0 unspecified atom stereocenters. The molecular formula is C16H20F2N2O2. The molecule has 0 aromatic heterocycles. The quantitative estimate of drug-likeness (QED) is 0.756. The maximum atomic E-state index is 13.9. The summed E-state index contributed by atoms with van der Waals surface area (Å²) >= 11 is 0. The van der Waals surface area contributed by atoms with Gasteiger partial charge in [-0.1, -0.05) is 0 Å². The Balaban J connectivity index is 1.61. The van der Waals surface area contributed by atoms with Gasteiger partial charge in [0.05, 0.1) is 12.1 Å². The van der Waals surface area contributed by atoms with E-state index in [4.69, 9.17) is 0 Å². The Kier molecular flexibility index (Phi) is 4.29. The zero-order chi connectivity index (χ0) is 15.7. The average Bonchev–Trinajstić information content (AvgIpc) is 3.37. The molecule has 0 aliphatic heterocycles. The number of hydrogen-bond donors (Lipinski definition) is 3. The number of urea groups is 1. The Labute approximate surface area is 127 Å². The van der Waals surface area contributed by atoms with E-state index < -0.39 is 29.8 Å². The van der Waals surface area contributed by atoms with Crippen LogP contribution in [0.25, 0.3) is 0 Å². The van der Waals surface area contributed by atoms with Gasteiger partial charge in [0.15, 0.2) is 0 Å². The van der Waals surface area contributed by atoms with Crippen molar-refractivity contribution in [3.63, 3.8) is 0 Å². The Hall–Kier alpha value is -1.69. The van der Waals surface area contributed by atoms with E-state index in [1.165, 1.54) is 0 Å². The molecule has 3 N–H and O–H groups in total. The highest BCUT2D eigenvalue weighted by atomic mass is 19.1. The fourth-order valence-corrected chi connectivity index (χ4v) is 2.67. The predicted molar refractivity (Wildman–Crippen MR) is 77.1 cm³/mol. The topological polar surface area (TPSA) is 61.4 Å². The summed E-state index contributed by atoms with van der Waals surface area (Å²) in [6, 6.07) is 2.29. The van der Waals surface area contributed by atoms with E-state index >= 15 is 0 Å². The van der Waals surface area contributed by atoms with Gasteiger partial charge in [-0.15, -0.1) is 0 Å². The average molecular weight is 310 g/mol. The van der Waals surface area contributed by atoms with E-state index in [2.05, 4.69) is 10.6 Å². The molecule has 0 radical (unpaired) electrons. The SMILES string of the molecule is O=C(NC[C@H](O)C1CC1)N[C@H](c1cc(F)ccc1F)C1CC1. The van der Waals surface area contributed by atoms with Crippen LogP contribution in [0, 0.1) is 23.5 Å². The van der Waals surface area contributed by atoms with Crippen LogP contribution in [0.1, 0.15) is 37.3 Å². The van der Waals surface area contributed by atoms with Gasteiger partial charge >= 0.3 is 6.03 Å². The molecule has 0 saturated heterocycles. The summed E-state index contributed by atoms with van der Waals surface area (Å²) in [7, 11) is 0. The molecule has 120 valence electrons. The molecule has 2 saturated carbocycles. The maximum Gasteiger partial charge on any atom is 0.315 e. The van der Waals surface area contributed by atoms with Crippen LogP contribution in [0.3, 0.4) is 0 Å². The summed E-state index contributed by atoms with van der Waals surface area (Å²) in [5, 5.41) is 15.1. The van der Waals surface area contributed by atoms with Gasteiger partial charge in [-0.3, -0.25) is 0 Å². The minimum Gasteiger partial charge on any atom is -0.391 e. The van der Waals surface area contributed by atoms with Gasteiger partial charge in [0, 0.05) is 12.1 Å². The van der Waals surface area contributed by atoms with Crippen LogP contribution >= 0.6 is 0 Å². The molecule has 2 atom stereocenters. The van der Waals surface area contributed by atoms with Crippen molar-refractivity contribution in [2.24, 2.45) is 11.8 Å². The second-order valence-electron chi connectivity index (χ2n) is 6.24. The van der Waals surface area contributed by atoms with E-state index in [9.17, 15) is 18.7 Å². The first kappa shape index (κ1) is 15.2. The van der Waals surface area contributed by atoms with Gasteiger partial charge < -0.3 is 15.7 Å².